The Morgan fingerprint density at radius 1 is 1.32 bits per heavy atom. The molecule has 0 unspecified atom stereocenters. The molecule has 1 saturated carbocycles. The van der Waals surface area contributed by atoms with E-state index >= 15 is 0 Å². The van der Waals surface area contributed by atoms with Crippen LogP contribution in [0, 0.1) is 0 Å². The number of thiophene rings is 1. The molecule has 0 radical (unpaired) electrons. The smallest absolute Gasteiger partial charge is 0.150 e. The van der Waals surface area contributed by atoms with E-state index in [2.05, 4.69) is 26.3 Å². The molecule has 1 aliphatic rings. The fourth-order valence-electron chi connectivity index (χ4n) is 2.92. The number of aromatic nitrogens is 2. The van der Waals surface area contributed by atoms with Gasteiger partial charge in [0.25, 0.3) is 0 Å². The normalized spacial score (nSPS) is 16.3. The quantitative estimate of drug-likeness (QED) is 0.912. The van der Waals surface area contributed by atoms with Crippen molar-refractivity contribution in [3.63, 3.8) is 0 Å². The van der Waals surface area contributed by atoms with E-state index in [-0.39, 0.29) is 0 Å². The number of hydrogen-bond acceptors (Lipinski definition) is 5. The molecule has 0 bridgehead atoms. The van der Waals surface area contributed by atoms with Gasteiger partial charge in [0, 0.05) is 12.6 Å². The second-order valence-electron chi connectivity index (χ2n) is 5.11. The zero-order valence-corrected chi connectivity index (χ0v) is 11.9. The molecule has 0 spiro atoms. The predicted molar refractivity (Wildman–Crippen MR) is 80.7 cm³/mol. The van der Waals surface area contributed by atoms with Crippen molar-refractivity contribution in [2.75, 3.05) is 18.0 Å². The molecule has 0 aliphatic heterocycles. The highest BCUT2D eigenvalue weighted by atomic mass is 32.1. The molecule has 2 aromatic heterocycles. The first-order chi connectivity index (χ1) is 9.40. The fourth-order valence-corrected chi connectivity index (χ4v) is 3.77. The van der Waals surface area contributed by atoms with Gasteiger partial charge in [-0.3, -0.25) is 0 Å². The maximum atomic E-state index is 5.69. The average molecular weight is 276 g/mol. The van der Waals surface area contributed by atoms with E-state index in [1.807, 2.05) is 0 Å². The van der Waals surface area contributed by atoms with Crippen LogP contribution in [0.2, 0.25) is 0 Å². The number of fused-ring (bicyclic) bond motifs is 1. The van der Waals surface area contributed by atoms with E-state index in [0.29, 0.717) is 6.04 Å². The molecular weight excluding hydrogens is 256 g/mol. The minimum atomic E-state index is 0.631. The molecular formula is C14H20N4S. The van der Waals surface area contributed by atoms with E-state index < -0.39 is 0 Å². The molecule has 0 amide bonds. The minimum Gasteiger partial charge on any atom is -0.352 e. The lowest BCUT2D eigenvalue weighted by Crippen LogP contribution is -2.35. The highest BCUT2D eigenvalue weighted by Crippen LogP contribution is 2.33. The topological polar surface area (TPSA) is 55.0 Å². The van der Waals surface area contributed by atoms with Gasteiger partial charge >= 0.3 is 0 Å². The van der Waals surface area contributed by atoms with Crippen LogP contribution >= 0.6 is 11.3 Å². The Morgan fingerprint density at radius 3 is 2.95 bits per heavy atom. The van der Waals surface area contributed by atoms with Crippen LogP contribution in [0.25, 0.3) is 10.2 Å². The standard InChI is InChI=1S/C14H20N4S/c15-7-3-8-18(11-4-1-2-5-11)14-13-12(6-9-19-13)16-10-17-14/h6,9-11H,1-5,7-8,15H2. The van der Waals surface area contributed by atoms with Crippen LogP contribution in [0.3, 0.4) is 0 Å². The van der Waals surface area contributed by atoms with Crippen LogP contribution in [-0.4, -0.2) is 29.1 Å². The molecule has 2 N–H and O–H groups in total. The third kappa shape index (κ3) is 2.58. The Morgan fingerprint density at radius 2 is 2.16 bits per heavy atom. The van der Waals surface area contributed by atoms with Gasteiger partial charge in [0.15, 0.2) is 0 Å². The van der Waals surface area contributed by atoms with Crippen molar-refractivity contribution in [2.24, 2.45) is 5.73 Å². The zero-order chi connectivity index (χ0) is 13.1. The van der Waals surface area contributed by atoms with Crippen molar-refractivity contribution in [2.45, 2.75) is 38.1 Å². The molecule has 102 valence electrons. The zero-order valence-electron chi connectivity index (χ0n) is 11.1. The number of nitrogens with zero attached hydrogens (tertiary/aromatic N) is 3. The molecule has 1 aliphatic carbocycles. The van der Waals surface area contributed by atoms with Crippen molar-refractivity contribution >= 4 is 27.4 Å². The van der Waals surface area contributed by atoms with Gasteiger partial charge in [0.2, 0.25) is 0 Å². The van der Waals surface area contributed by atoms with Crippen LogP contribution in [-0.2, 0) is 0 Å². The molecule has 1 fully saturated rings. The van der Waals surface area contributed by atoms with Gasteiger partial charge < -0.3 is 10.6 Å². The monoisotopic (exact) mass is 276 g/mol. The number of hydrogen-bond donors (Lipinski definition) is 1. The molecule has 0 aromatic carbocycles. The Labute approximate surface area is 117 Å². The highest BCUT2D eigenvalue weighted by molar-refractivity contribution is 7.17. The molecule has 2 aromatic rings. The van der Waals surface area contributed by atoms with Crippen molar-refractivity contribution in [1.29, 1.82) is 0 Å². The first-order valence-electron chi connectivity index (χ1n) is 7.05. The highest BCUT2D eigenvalue weighted by Gasteiger charge is 2.25. The Bertz CT molecular complexity index is 533. The molecule has 0 atom stereocenters. The third-order valence-electron chi connectivity index (χ3n) is 3.87. The SMILES string of the molecule is NCCCN(c1ncnc2ccsc12)C1CCCC1. The van der Waals surface area contributed by atoms with E-state index in [1.54, 1.807) is 17.7 Å². The fraction of sp³-hybridized carbons (Fsp3) is 0.571. The lowest BCUT2D eigenvalue weighted by atomic mass is 10.2. The lowest BCUT2D eigenvalue weighted by molar-refractivity contribution is 0.589. The van der Waals surface area contributed by atoms with Crippen molar-refractivity contribution in [3.05, 3.63) is 17.8 Å². The summed E-state index contributed by atoms with van der Waals surface area (Å²) in [6, 6.07) is 2.70. The molecule has 5 heteroatoms. The van der Waals surface area contributed by atoms with Crippen molar-refractivity contribution in [1.82, 2.24) is 9.97 Å². The third-order valence-corrected chi connectivity index (χ3v) is 4.76. The molecule has 3 rings (SSSR count). The second kappa shape index (κ2) is 5.84. The first kappa shape index (κ1) is 12.8. The molecule has 4 nitrogen and oxygen atoms in total. The van der Waals surface area contributed by atoms with Gasteiger partial charge in [-0.15, -0.1) is 11.3 Å². The summed E-state index contributed by atoms with van der Waals surface area (Å²) in [6.07, 6.45) is 7.94. The Kier molecular flexibility index (Phi) is 3.94. The van der Waals surface area contributed by atoms with Gasteiger partial charge in [-0.1, -0.05) is 12.8 Å². The van der Waals surface area contributed by atoms with E-state index in [0.717, 1.165) is 30.8 Å². The maximum absolute atomic E-state index is 5.69. The predicted octanol–water partition coefficient (Wildman–Crippen LogP) is 2.79. The van der Waals surface area contributed by atoms with Crippen molar-refractivity contribution in [3.8, 4) is 0 Å². The van der Waals surface area contributed by atoms with Crippen LogP contribution in [0.5, 0.6) is 0 Å². The van der Waals surface area contributed by atoms with Gasteiger partial charge in [-0.25, -0.2) is 9.97 Å². The van der Waals surface area contributed by atoms with Gasteiger partial charge in [-0.05, 0) is 37.3 Å². The summed E-state index contributed by atoms with van der Waals surface area (Å²) in [4.78, 5) is 11.4. The number of anilines is 1. The summed E-state index contributed by atoms with van der Waals surface area (Å²) < 4.78 is 1.21. The van der Waals surface area contributed by atoms with Crippen LogP contribution < -0.4 is 10.6 Å². The van der Waals surface area contributed by atoms with Crippen molar-refractivity contribution < 1.29 is 0 Å². The van der Waals surface area contributed by atoms with Gasteiger partial charge in [-0.2, -0.15) is 0 Å². The van der Waals surface area contributed by atoms with Gasteiger partial charge in [0.05, 0.1) is 10.2 Å². The molecule has 0 saturated heterocycles. The lowest BCUT2D eigenvalue weighted by Gasteiger charge is -2.30. The van der Waals surface area contributed by atoms with E-state index in [1.165, 1.54) is 30.4 Å². The largest absolute Gasteiger partial charge is 0.352 e. The maximum Gasteiger partial charge on any atom is 0.150 e. The summed E-state index contributed by atoms with van der Waals surface area (Å²) in [7, 11) is 0. The summed E-state index contributed by atoms with van der Waals surface area (Å²) in [5.41, 5.74) is 6.75. The Hall–Kier alpha value is -1.20. The number of nitrogens with two attached hydrogens (primary N) is 1. The molecule has 19 heavy (non-hydrogen) atoms. The van der Waals surface area contributed by atoms with E-state index in [9.17, 15) is 0 Å². The van der Waals surface area contributed by atoms with Crippen LogP contribution in [0.15, 0.2) is 17.8 Å². The summed E-state index contributed by atoms with van der Waals surface area (Å²) in [6.45, 7) is 1.74. The summed E-state index contributed by atoms with van der Waals surface area (Å²) >= 11 is 1.74. The van der Waals surface area contributed by atoms with Crippen LogP contribution in [0.1, 0.15) is 32.1 Å². The number of rotatable bonds is 5. The minimum absolute atomic E-state index is 0.631. The summed E-state index contributed by atoms with van der Waals surface area (Å²) in [5, 5.41) is 2.10. The molecule has 2 heterocycles. The summed E-state index contributed by atoms with van der Waals surface area (Å²) in [5.74, 6) is 1.11. The van der Waals surface area contributed by atoms with Crippen LogP contribution in [0.4, 0.5) is 5.82 Å². The Balaban J connectivity index is 1.95. The first-order valence-corrected chi connectivity index (χ1v) is 7.93. The second-order valence-corrected chi connectivity index (χ2v) is 6.02. The average Bonchev–Trinajstić information content (AvgIpc) is 3.10. The van der Waals surface area contributed by atoms with Gasteiger partial charge in [0.1, 0.15) is 12.1 Å². The van der Waals surface area contributed by atoms with E-state index in [4.69, 9.17) is 5.73 Å².